The van der Waals surface area contributed by atoms with Crippen molar-refractivity contribution in [3.05, 3.63) is 29.8 Å². The Balaban J connectivity index is 1.52. The average Bonchev–Trinajstić information content (AvgIpc) is 2.92. The molecule has 172 valence electrons. The number of ether oxygens (including phenoxy) is 1. The van der Waals surface area contributed by atoms with Gasteiger partial charge in [0, 0.05) is 44.3 Å². The van der Waals surface area contributed by atoms with Gasteiger partial charge in [-0.3, -0.25) is 9.47 Å². The first-order chi connectivity index (χ1) is 14.8. The second-order valence-corrected chi connectivity index (χ2v) is 8.91. The Bertz CT molecular complexity index is 855. The lowest BCUT2D eigenvalue weighted by Gasteiger charge is -2.37. The molecule has 3 N–H and O–H groups in total. The van der Waals surface area contributed by atoms with E-state index in [0.717, 1.165) is 44.9 Å². The average molecular weight is 431 g/mol. The molecule has 2 aromatic rings. The number of nitrogens with one attached hydrogen (secondary N) is 1. The third-order valence-corrected chi connectivity index (χ3v) is 5.68. The zero-order valence-electron chi connectivity index (χ0n) is 19.6. The molecule has 7 nitrogen and oxygen atoms in total. The summed E-state index contributed by atoms with van der Waals surface area (Å²) in [6.07, 6.45) is 1.02. The summed E-state index contributed by atoms with van der Waals surface area (Å²) in [6, 6.07) is 8.45. The normalized spacial score (nSPS) is 15.1. The van der Waals surface area contributed by atoms with Crippen molar-refractivity contribution in [2.45, 2.75) is 59.7 Å². The van der Waals surface area contributed by atoms with Crippen LogP contribution in [-0.4, -0.2) is 64.5 Å². The van der Waals surface area contributed by atoms with Gasteiger partial charge in [0.1, 0.15) is 11.4 Å². The summed E-state index contributed by atoms with van der Waals surface area (Å²) in [5.41, 5.74) is 2.49. The molecular weight excluding hydrogens is 392 g/mol. The quantitative estimate of drug-likeness (QED) is 0.558. The molecule has 7 heteroatoms. The van der Waals surface area contributed by atoms with E-state index in [2.05, 4.69) is 41.1 Å². The standard InChI is InChI=1S/C24H38N4O3/c1-17(2)25-22-19(5)23(29)28(24(22)30)12-8-11-26-13-15-27(16-14-26)20-9-6-7-10-21(20)31-18(3)4/h6-7,9-10,17-18,25,29-30H,8,11-16H2,1-5H3. The lowest BCUT2D eigenvalue weighted by atomic mass is 10.2. The Hall–Kier alpha value is -2.54. The van der Waals surface area contributed by atoms with Gasteiger partial charge >= 0.3 is 0 Å². The molecule has 3 rings (SSSR count). The summed E-state index contributed by atoms with van der Waals surface area (Å²) in [5, 5.41) is 24.2. The summed E-state index contributed by atoms with van der Waals surface area (Å²) in [7, 11) is 0. The molecule has 2 heterocycles. The highest BCUT2D eigenvalue weighted by Gasteiger charge is 2.22. The number of hydrogen-bond acceptors (Lipinski definition) is 6. The fourth-order valence-electron chi connectivity index (χ4n) is 4.13. The molecule has 0 unspecified atom stereocenters. The summed E-state index contributed by atoms with van der Waals surface area (Å²) in [5.74, 6) is 1.22. The first-order valence-corrected chi connectivity index (χ1v) is 11.4. The molecule has 31 heavy (non-hydrogen) atoms. The third kappa shape index (κ3) is 5.58. The molecule has 0 radical (unpaired) electrons. The highest BCUT2D eigenvalue weighted by Crippen LogP contribution is 2.38. The highest BCUT2D eigenvalue weighted by molar-refractivity contribution is 5.64. The van der Waals surface area contributed by atoms with Crippen molar-refractivity contribution in [2.75, 3.05) is 42.9 Å². The first-order valence-electron chi connectivity index (χ1n) is 11.4. The molecule has 0 bridgehead atoms. The Kier molecular flexibility index (Phi) is 7.59. The predicted molar refractivity (Wildman–Crippen MR) is 127 cm³/mol. The zero-order chi connectivity index (χ0) is 22.5. The summed E-state index contributed by atoms with van der Waals surface area (Å²) < 4.78 is 7.59. The SMILES string of the molecule is Cc1c(NC(C)C)c(O)n(CCCN2CCN(c3ccccc3OC(C)C)CC2)c1O. The van der Waals surface area contributed by atoms with Gasteiger partial charge < -0.3 is 25.2 Å². The van der Waals surface area contributed by atoms with Crippen molar-refractivity contribution in [1.82, 2.24) is 9.47 Å². The first kappa shape index (κ1) is 23.1. The number of hydrogen-bond donors (Lipinski definition) is 3. The molecule has 0 atom stereocenters. The Morgan fingerprint density at radius 3 is 2.29 bits per heavy atom. The molecule has 1 fully saturated rings. The molecule has 1 aliphatic rings. The lowest BCUT2D eigenvalue weighted by Crippen LogP contribution is -2.46. The fraction of sp³-hybridized carbons (Fsp3) is 0.583. The molecule has 0 spiro atoms. The van der Waals surface area contributed by atoms with E-state index in [1.165, 1.54) is 5.69 Å². The second kappa shape index (κ2) is 10.2. The minimum Gasteiger partial charge on any atom is -0.494 e. The van der Waals surface area contributed by atoms with Crippen LogP contribution in [0.25, 0.3) is 0 Å². The smallest absolute Gasteiger partial charge is 0.218 e. The molecule has 0 amide bonds. The van der Waals surface area contributed by atoms with Gasteiger partial charge in [-0.1, -0.05) is 12.1 Å². The maximum absolute atomic E-state index is 10.5. The number of aromatic nitrogens is 1. The van der Waals surface area contributed by atoms with Gasteiger partial charge in [-0.2, -0.15) is 0 Å². The van der Waals surface area contributed by atoms with Gasteiger partial charge in [0.05, 0.1) is 11.8 Å². The summed E-state index contributed by atoms with van der Waals surface area (Å²) >= 11 is 0. The number of aromatic hydroxyl groups is 2. The van der Waals surface area contributed by atoms with Gasteiger partial charge in [-0.25, -0.2) is 0 Å². The van der Waals surface area contributed by atoms with Gasteiger partial charge in [0.25, 0.3) is 0 Å². The van der Waals surface area contributed by atoms with Crippen molar-refractivity contribution >= 4 is 11.4 Å². The fourth-order valence-corrected chi connectivity index (χ4v) is 4.13. The molecule has 1 aromatic heterocycles. The molecule has 0 aliphatic carbocycles. The van der Waals surface area contributed by atoms with Gasteiger partial charge in [0.2, 0.25) is 5.88 Å². The maximum Gasteiger partial charge on any atom is 0.218 e. The van der Waals surface area contributed by atoms with E-state index in [1.54, 1.807) is 4.57 Å². The highest BCUT2D eigenvalue weighted by atomic mass is 16.5. The van der Waals surface area contributed by atoms with Crippen LogP contribution in [0.2, 0.25) is 0 Å². The van der Waals surface area contributed by atoms with Crippen LogP contribution in [0.5, 0.6) is 17.5 Å². The number of rotatable bonds is 9. The minimum atomic E-state index is 0.121. The predicted octanol–water partition coefficient (Wildman–Crippen LogP) is 4.03. The van der Waals surface area contributed by atoms with E-state index in [4.69, 9.17) is 4.74 Å². The van der Waals surface area contributed by atoms with E-state index >= 15 is 0 Å². The van der Waals surface area contributed by atoms with E-state index in [9.17, 15) is 10.2 Å². The van der Waals surface area contributed by atoms with Crippen molar-refractivity contribution < 1.29 is 14.9 Å². The number of benzene rings is 1. The van der Waals surface area contributed by atoms with E-state index in [0.29, 0.717) is 17.8 Å². The molecule has 1 saturated heterocycles. The van der Waals surface area contributed by atoms with Crippen molar-refractivity contribution in [1.29, 1.82) is 0 Å². The largest absolute Gasteiger partial charge is 0.494 e. The van der Waals surface area contributed by atoms with Crippen LogP contribution in [-0.2, 0) is 6.54 Å². The molecule has 0 saturated carbocycles. The minimum absolute atomic E-state index is 0.121. The number of piperazine rings is 1. The maximum atomic E-state index is 10.5. The number of para-hydroxylation sites is 2. The van der Waals surface area contributed by atoms with Crippen LogP contribution in [0.1, 0.15) is 39.7 Å². The van der Waals surface area contributed by atoms with Gasteiger partial charge in [0.15, 0.2) is 5.88 Å². The van der Waals surface area contributed by atoms with Gasteiger partial charge in [-0.15, -0.1) is 0 Å². The zero-order valence-corrected chi connectivity index (χ0v) is 19.6. The van der Waals surface area contributed by atoms with Crippen LogP contribution in [0.4, 0.5) is 11.4 Å². The number of nitrogens with zero attached hydrogens (tertiary/aromatic N) is 3. The molecule has 1 aliphatic heterocycles. The van der Waals surface area contributed by atoms with Crippen molar-refractivity contribution in [3.63, 3.8) is 0 Å². The molecule has 1 aromatic carbocycles. The Morgan fingerprint density at radius 1 is 0.968 bits per heavy atom. The Morgan fingerprint density at radius 2 is 1.65 bits per heavy atom. The number of anilines is 2. The summed E-state index contributed by atoms with van der Waals surface area (Å²) in [4.78, 5) is 4.84. The van der Waals surface area contributed by atoms with Crippen LogP contribution in [0.15, 0.2) is 24.3 Å². The lowest BCUT2D eigenvalue weighted by molar-refractivity contribution is 0.235. The molecular formula is C24H38N4O3. The monoisotopic (exact) mass is 430 g/mol. The van der Waals surface area contributed by atoms with E-state index in [1.807, 2.05) is 32.9 Å². The van der Waals surface area contributed by atoms with Gasteiger partial charge in [-0.05, 0) is 59.7 Å². The van der Waals surface area contributed by atoms with E-state index in [-0.39, 0.29) is 23.9 Å². The van der Waals surface area contributed by atoms with Crippen LogP contribution < -0.4 is 15.0 Å². The van der Waals surface area contributed by atoms with E-state index < -0.39 is 0 Å². The van der Waals surface area contributed by atoms with Crippen LogP contribution in [0, 0.1) is 6.92 Å². The third-order valence-electron chi connectivity index (χ3n) is 5.68. The summed E-state index contributed by atoms with van der Waals surface area (Å²) in [6.45, 7) is 15.4. The van der Waals surface area contributed by atoms with Crippen molar-refractivity contribution in [3.8, 4) is 17.5 Å². The van der Waals surface area contributed by atoms with Crippen LogP contribution in [0.3, 0.4) is 0 Å². The van der Waals surface area contributed by atoms with Crippen LogP contribution >= 0.6 is 0 Å². The topological polar surface area (TPSA) is 73.1 Å². The second-order valence-electron chi connectivity index (χ2n) is 8.91. The van der Waals surface area contributed by atoms with Crippen molar-refractivity contribution in [2.24, 2.45) is 0 Å². The Labute approximate surface area is 186 Å².